The van der Waals surface area contributed by atoms with Crippen molar-refractivity contribution in [2.75, 3.05) is 7.11 Å². The zero-order chi connectivity index (χ0) is 13.1. The lowest BCUT2D eigenvalue weighted by atomic mass is 10.1. The van der Waals surface area contributed by atoms with Gasteiger partial charge in [-0.2, -0.15) is 0 Å². The Kier molecular flexibility index (Phi) is 3.67. The summed E-state index contributed by atoms with van der Waals surface area (Å²) in [6.07, 6.45) is 2.75. The number of hydrogen-bond acceptors (Lipinski definition) is 3. The van der Waals surface area contributed by atoms with E-state index in [0.717, 1.165) is 17.0 Å². The van der Waals surface area contributed by atoms with Crippen LogP contribution < -0.4 is 4.74 Å². The van der Waals surface area contributed by atoms with Gasteiger partial charge in [-0.1, -0.05) is 12.1 Å². The SMILES string of the molecule is COc1cccc(C(O)c2cncn2C(C)C)c1. The van der Waals surface area contributed by atoms with Gasteiger partial charge in [0.25, 0.3) is 0 Å². The molecule has 2 aromatic rings. The minimum absolute atomic E-state index is 0.266. The quantitative estimate of drug-likeness (QED) is 0.901. The van der Waals surface area contributed by atoms with Gasteiger partial charge in [-0.3, -0.25) is 0 Å². The summed E-state index contributed by atoms with van der Waals surface area (Å²) in [6.45, 7) is 4.12. The first-order valence-electron chi connectivity index (χ1n) is 5.97. The van der Waals surface area contributed by atoms with E-state index in [-0.39, 0.29) is 6.04 Å². The van der Waals surface area contributed by atoms with Crippen molar-refractivity contribution >= 4 is 0 Å². The fourth-order valence-electron chi connectivity index (χ4n) is 1.94. The van der Waals surface area contributed by atoms with Crippen LogP contribution in [0.3, 0.4) is 0 Å². The molecule has 0 fully saturated rings. The molecule has 0 aliphatic heterocycles. The molecule has 0 saturated heterocycles. The molecule has 0 radical (unpaired) electrons. The van der Waals surface area contributed by atoms with Gasteiger partial charge in [-0.05, 0) is 31.5 Å². The van der Waals surface area contributed by atoms with Crippen molar-refractivity contribution in [1.29, 1.82) is 0 Å². The van der Waals surface area contributed by atoms with E-state index >= 15 is 0 Å². The Labute approximate surface area is 107 Å². The molecule has 0 aliphatic carbocycles. The zero-order valence-electron chi connectivity index (χ0n) is 10.9. The highest BCUT2D eigenvalue weighted by Gasteiger charge is 2.16. The van der Waals surface area contributed by atoms with Gasteiger partial charge >= 0.3 is 0 Å². The molecule has 1 atom stereocenters. The Morgan fingerprint density at radius 2 is 2.11 bits per heavy atom. The Balaban J connectivity index is 2.35. The number of nitrogens with zero attached hydrogens (tertiary/aromatic N) is 2. The summed E-state index contributed by atoms with van der Waals surface area (Å²) in [7, 11) is 1.61. The lowest BCUT2D eigenvalue weighted by Crippen LogP contribution is -2.10. The van der Waals surface area contributed by atoms with Crippen LogP contribution >= 0.6 is 0 Å². The van der Waals surface area contributed by atoms with Crippen molar-refractivity contribution in [2.24, 2.45) is 0 Å². The third kappa shape index (κ3) is 2.38. The molecule has 1 heterocycles. The third-order valence-electron chi connectivity index (χ3n) is 2.94. The van der Waals surface area contributed by atoms with Gasteiger partial charge < -0.3 is 14.4 Å². The van der Waals surface area contributed by atoms with Crippen LogP contribution in [0.1, 0.15) is 37.3 Å². The van der Waals surface area contributed by atoms with Gasteiger partial charge in [0, 0.05) is 6.04 Å². The molecule has 1 N–H and O–H groups in total. The van der Waals surface area contributed by atoms with Crippen LogP contribution in [0.2, 0.25) is 0 Å². The van der Waals surface area contributed by atoms with E-state index < -0.39 is 6.10 Å². The smallest absolute Gasteiger partial charge is 0.121 e. The zero-order valence-corrected chi connectivity index (χ0v) is 10.9. The van der Waals surface area contributed by atoms with E-state index in [9.17, 15) is 5.11 Å². The molecular formula is C14H18N2O2. The van der Waals surface area contributed by atoms with Gasteiger partial charge in [0.1, 0.15) is 11.9 Å². The summed E-state index contributed by atoms with van der Waals surface area (Å²) in [5, 5.41) is 10.4. The average Bonchev–Trinajstić information content (AvgIpc) is 2.87. The van der Waals surface area contributed by atoms with E-state index in [4.69, 9.17) is 4.74 Å². The maximum Gasteiger partial charge on any atom is 0.121 e. The first-order chi connectivity index (χ1) is 8.63. The number of benzene rings is 1. The summed E-state index contributed by atoms with van der Waals surface area (Å²) in [5.74, 6) is 0.738. The van der Waals surface area contributed by atoms with Crippen LogP contribution in [0.25, 0.3) is 0 Å². The second kappa shape index (κ2) is 5.23. The summed E-state index contributed by atoms with van der Waals surface area (Å²) >= 11 is 0. The van der Waals surface area contributed by atoms with Gasteiger partial charge in [0.05, 0.1) is 25.3 Å². The first kappa shape index (κ1) is 12.6. The van der Waals surface area contributed by atoms with Crippen molar-refractivity contribution in [1.82, 2.24) is 9.55 Å². The average molecular weight is 246 g/mol. The molecule has 0 saturated carbocycles. The number of aromatic nitrogens is 2. The molecule has 0 spiro atoms. The number of ether oxygens (including phenoxy) is 1. The molecule has 0 aliphatic rings. The first-order valence-corrected chi connectivity index (χ1v) is 5.97. The van der Waals surface area contributed by atoms with Crippen molar-refractivity contribution in [3.05, 3.63) is 48.0 Å². The van der Waals surface area contributed by atoms with Crippen LogP contribution in [-0.4, -0.2) is 21.8 Å². The molecule has 2 rings (SSSR count). The van der Waals surface area contributed by atoms with E-state index in [2.05, 4.69) is 18.8 Å². The van der Waals surface area contributed by atoms with Gasteiger partial charge in [-0.25, -0.2) is 4.98 Å². The summed E-state index contributed by atoms with van der Waals surface area (Å²) in [4.78, 5) is 4.10. The normalized spacial score (nSPS) is 12.7. The van der Waals surface area contributed by atoms with Gasteiger partial charge in [-0.15, -0.1) is 0 Å². The van der Waals surface area contributed by atoms with E-state index in [1.807, 2.05) is 28.8 Å². The van der Waals surface area contributed by atoms with Crippen LogP contribution in [0.5, 0.6) is 5.75 Å². The second-order valence-corrected chi connectivity index (χ2v) is 4.50. The van der Waals surface area contributed by atoms with Crippen molar-refractivity contribution in [2.45, 2.75) is 26.0 Å². The maximum atomic E-state index is 10.4. The lowest BCUT2D eigenvalue weighted by Gasteiger charge is -2.17. The number of hydrogen-bond donors (Lipinski definition) is 1. The molecule has 0 bridgehead atoms. The molecule has 96 valence electrons. The van der Waals surface area contributed by atoms with Crippen molar-refractivity contribution < 1.29 is 9.84 Å². The molecule has 1 aromatic heterocycles. The minimum atomic E-state index is -0.690. The predicted molar refractivity (Wildman–Crippen MR) is 69.7 cm³/mol. The molecule has 4 nitrogen and oxygen atoms in total. The monoisotopic (exact) mass is 246 g/mol. The van der Waals surface area contributed by atoms with E-state index in [1.54, 1.807) is 19.6 Å². The molecule has 1 unspecified atom stereocenters. The number of rotatable bonds is 4. The fraction of sp³-hybridized carbons (Fsp3) is 0.357. The van der Waals surface area contributed by atoms with Crippen LogP contribution in [0.4, 0.5) is 0 Å². The molecular weight excluding hydrogens is 228 g/mol. The maximum absolute atomic E-state index is 10.4. The number of aliphatic hydroxyl groups excluding tert-OH is 1. The summed E-state index contributed by atoms with van der Waals surface area (Å²) in [5.41, 5.74) is 1.59. The summed E-state index contributed by atoms with van der Waals surface area (Å²) in [6, 6.07) is 7.71. The van der Waals surface area contributed by atoms with Crippen LogP contribution in [-0.2, 0) is 0 Å². The molecule has 0 amide bonds. The van der Waals surface area contributed by atoms with Gasteiger partial charge in [0.15, 0.2) is 0 Å². The highest BCUT2D eigenvalue weighted by atomic mass is 16.5. The summed E-state index contributed by atoms with van der Waals surface area (Å²) < 4.78 is 7.13. The topological polar surface area (TPSA) is 47.3 Å². The Hall–Kier alpha value is -1.81. The predicted octanol–water partition coefficient (Wildman–Crippen LogP) is 2.55. The highest BCUT2D eigenvalue weighted by molar-refractivity contribution is 5.33. The number of methoxy groups -OCH3 is 1. The lowest BCUT2D eigenvalue weighted by molar-refractivity contribution is 0.207. The number of imidazole rings is 1. The molecule has 18 heavy (non-hydrogen) atoms. The highest BCUT2D eigenvalue weighted by Crippen LogP contribution is 2.26. The van der Waals surface area contributed by atoms with E-state index in [0.29, 0.717) is 0 Å². The second-order valence-electron chi connectivity index (χ2n) is 4.50. The Morgan fingerprint density at radius 3 is 2.78 bits per heavy atom. The Bertz CT molecular complexity index is 520. The third-order valence-corrected chi connectivity index (χ3v) is 2.94. The standard InChI is InChI=1S/C14H18N2O2/c1-10(2)16-9-15-8-13(16)14(17)11-5-4-6-12(7-11)18-3/h4-10,14,17H,1-3H3. The number of aliphatic hydroxyl groups is 1. The minimum Gasteiger partial charge on any atom is -0.497 e. The molecule has 4 heteroatoms. The van der Waals surface area contributed by atoms with Crippen LogP contribution in [0, 0.1) is 0 Å². The van der Waals surface area contributed by atoms with E-state index in [1.165, 1.54) is 0 Å². The van der Waals surface area contributed by atoms with Crippen molar-refractivity contribution in [3.8, 4) is 5.75 Å². The Morgan fingerprint density at radius 1 is 1.33 bits per heavy atom. The molecule has 1 aromatic carbocycles. The van der Waals surface area contributed by atoms with Crippen molar-refractivity contribution in [3.63, 3.8) is 0 Å². The largest absolute Gasteiger partial charge is 0.497 e. The fourth-order valence-corrected chi connectivity index (χ4v) is 1.94. The van der Waals surface area contributed by atoms with Crippen LogP contribution in [0.15, 0.2) is 36.8 Å². The van der Waals surface area contributed by atoms with Gasteiger partial charge in [0.2, 0.25) is 0 Å².